The first-order valence-corrected chi connectivity index (χ1v) is 4.72. The second-order valence-corrected chi connectivity index (χ2v) is 3.23. The van der Waals surface area contributed by atoms with E-state index >= 15 is 0 Å². The van der Waals surface area contributed by atoms with Crippen molar-refractivity contribution < 1.29 is 0 Å². The minimum atomic E-state index is 0.699. The fourth-order valence-corrected chi connectivity index (χ4v) is 1.15. The summed E-state index contributed by atoms with van der Waals surface area (Å²) in [5.41, 5.74) is 1.40. The maximum absolute atomic E-state index is 8.34. The largest absolute Gasteiger partial charge is 0.343 e. The van der Waals surface area contributed by atoms with Crippen LogP contribution in [-0.2, 0) is 14.1 Å². The Labute approximate surface area is 94.6 Å². The van der Waals surface area contributed by atoms with Crippen molar-refractivity contribution in [1.29, 1.82) is 10.5 Å². The van der Waals surface area contributed by atoms with Crippen LogP contribution in [0.3, 0.4) is 0 Å². The standard InChI is InChI=1S/2C6H6N2/c2*1-8-4-2-3-6(8)5-7/h2*2-4H,1H3. The second kappa shape index (κ2) is 5.43. The normalized spacial score (nSPS) is 8.50. The third kappa shape index (κ3) is 2.76. The van der Waals surface area contributed by atoms with Crippen molar-refractivity contribution in [1.82, 2.24) is 9.13 Å². The average molecular weight is 212 g/mol. The monoisotopic (exact) mass is 212 g/mol. The number of aromatic nitrogens is 2. The zero-order valence-corrected chi connectivity index (χ0v) is 9.25. The molecule has 0 radical (unpaired) electrons. The number of aryl methyl sites for hydroxylation is 2. The summed E-state index contributed by atoms with van der Waals surface area (Å²) in [5.74, 6) is 0. The molecule has 0 bridgehead atoms. The van der Waals surface area contributed by atoms with Gasteiger partial charge in [-0.05, 0) is 24.3 Å². The van der Waals surface area contributed by atoms with Crippen molar-refractivity contribution in [3.05, 3.63) is 48.0 Å². The Morgan fingerprint density at radius 1 is 0.875 bits per heavy atom. The Morgan fingerprint density at radius 3 is 1.38 bits per heavy atom. The predicted molar refractivity (Wildman–Crippen MR) is 60.3 cm³/mol. The molecule has 0 aliphatic carbocycles. The van der Waals surface area contributed by atoms with Crippen LogP contribution in [0.15, 0.2) is 36.7 Å². The molecule has 0 atom stereocenters. The van der Waals surface area contributed by atoms with Crippen LogP contribution < -0.4 is 0 Å². The van der Waals surface area contributed by atoms with Gasteiger partial charge in [0.2, 0.25) is 0 Å². The fraction of sp³-hybridized carbons (Fsp3) is 0.167. The highest BCUT2D eigenvalue weighted by atomic mass is 14.9. The van der Waals surface area contributed by atoms with Gasteiger partial charge in [0.05, 0.1) is 0 Å². The summed E-state index contributed by atoms with van der Waals surface area (Å²) in [6.07, 6.45) is 3.69. The van der Waals surface area contributed by atoms with E-state index in [9.17, 15) is 0 Å². The smallest absolute Gasteiger partial charge is 0.119 e. The Balaban J connectivity index is 0.000000160. The van der Waals surface area contributed by atoms with E-state index in [0.717, 1.165) is 0 Å². The first kappa shape index (κ1) is 11.6. The first-order valence-electron chi connectivity index (χ1n) is 4.72. The maximum atomic E-state index is 8.34. The number of nitrogens with zero attached hydrogens (tertiary/aromatic N) is 4. The maximum Gasteiger partial charge on any atom is 0.119 e. The van der Waals surface area contributed by atoms with Crippen LogP contribution >= 0.6 is 0 Å². The van der Waals surface area contributed by atoms with Crippen molar-refractivity contribution in [3.63, 3.8) is 0 Å². The van der Waals surface area contributed by atoms with Crippen LogP contribution in [0.4, 0.5) is 0 Å². The molecule has 0 N–H and O–H groups in total. The Bertz CT molecular complexity index is 484. The second-order valence-electron chi connectivity index (χ2n) is 3.23. The van der Waals surface area contributed by atoms with Crippen molar-refractivity contribution in [2.24, 2.45) is 14.1 Å². The number of hydrogen-bond acceptors (Lipinski definition) is 2. The van der Waals surface area contributed by atoms with Crippen LogP contribution in [0.1, 0.15) is 11.4 Å². The van der Waals surface area contributed by atoms with Crippen molar-refractivity contribution in [2.45, 2.75) is 0 Å². The highest BCUT2D eigenvalue weighted by Gasteiger charge is 1.89. The van der Waals surface area contributed by atoms with Gasteiger partial charge in [0, 0.05) is 26.5 Å². The van der Waals surface area contributed by atoms with Gasteiger partial charge in [-0.3, -0.25) is 0 Å². The molecule has 4 nitrogen and oxygen atoms in total. The van der Waals surface area contributed by atoms with Crippen LogP contribution in [0.2, 0.25) is 0 Å². The zero-order chi connectivity index (χ0) is 12.0. The third-order valence-corrected chi connectivity index (χ3v) is 2.12. The molecule has 2 aromatic heterocycles. The molecule has 80 valence electrons. The number of rotatable bonds is 0. The van der Waals surface area contributed by atoms with Crippen LogP contribution in [0.25, 0.3) is 0 Å². The summed E-state index contributed by atoms with van der Waals surface area (Å²) < 4.78 is 3.56. The first-order chi connectivity index (χ1) is 7.69. The lowest BCUT2D eigenvalue weighted by Gasteiger charge is -1.86. The molecule has 0 aliphatic heterocycles. The molecule has 0 unspecified atom stereocenters. The number of nitriles is 2. The van der Waals surface area contributed by atoms with Crippen LogP contribution in [0, 0.1) is 22.7 Å². The molecule has 2 aromatic rings. The quantitative estimate of drug-likeness (QED) is 0.668. The molecule has 2 rings (SSSR count). The SMILES string of the molecule is Cn1cccc1C#N.Cn1cccc1C#N. The van der Waals surface area contributed by atoms with Gasteiger partial charge in [0.15, 0.2) is 0 Å². The van der Waals surface area contributed by atoms with Gasteiger partial charge in [-0.2, -0.15) is 10.5 Å². The Hall–Kier alpha value is -2.46. The predicted octanol–water partition coefficient (Wildman–Crippen LogP) is 1.79. The topological polar surface area (TPSA) is 57.4 Å². The minimum absolute atomic E-state index is 0.699. The third-order valence-electron chi connectivity index (χ3n) is 2.12. The minimum Gasteiger partial charge on any atom is -0.343 e. The summed E-state index contributed by atoms with van der Waals surface area (Å²) in [6, 6.07) is 11.3. The summed E-state index contributed by atoms with van der Waals surface area (Å²) in [6.45, 7) is 0. The summed E-state index contributed by atoms with van der Waals surface area (Å²) in [5, 5.41) is 16.7. The van der Waals surface area contributed by atoms with E-state index in [0.29, 0.717) is 11.4 Å². The van der Waals surface area contributed by atoms with E-state index < -0.39 is 0 Å². The molecule has 0 saturated heterocycles. The van der Waals surface area contributed by atoms with E-state index in [4.69, 9.17) is 10.5 Å². The zero-order valence-electron chi connectivity index (χ0n) is 9.25. The van der Waals surface area contributed by atoms with Gasteiger partial charge < -0.3 is 9.13 Å². The lowest BCUT2D eigenvalue weighted by Crippen LogP contribution is -1.86. The average Bonchev–Trinajstić information content (AvgIpc) is 2.87. The van der Waals surface area contributed by atoms with Gasteiger partial charge in [0.1, 0.15) is 23.5 Å². The van der Waals surface area contributed by atoms with Gasteiger partial charge >= 0.3 is 0 Å². The van der Waals surface area contributed by atoms with Crippen molar-refractivity contribution in [2.75, 3.05) is 0 Å². The van der Waals surface area contributed by atoms with E-state index in [-0.39, 0.29) is 0 Å². The molecule has 4 heteroatoms. The van der Waals surface area contributed by atoms with Crippen molar-refractivity contribution >= 4 is 0 Å². The molecule has 0 amide bonds. The van der Waals surface area contributed by atoms with Gasteiger partial charge in [-0.15, -0.1) is 0 Å². The lowest BCUT2D eigenvalue weighted by atomic mass is 10.5. The van der Waals surface area contributed by atoms with Gasteiger partial charge in [-0.25, -0.2) is 0 Å². The van der Waals surface area contributed by atoms with Crippen LogP contribution in [-0.4, -0.2) is 9.13 Å². The molecule has 0 saturated carbocycles. The van der Waals surface area contributed by atoms with Gasteiger partial charge in [0.25, 0.3) is 0 Å². The Morgan fingerprint density at radius 2 is 1.25 bits per heavy atom. The van der Waals surface area contributed by atoms with Crippen LogP contribution in [0.5, 0.6) is 0 Å². The van der Waals surface area contributed by atoms with E-state index in [1.165, 1.54) is 0 Å². The van der Waals surface area contributed by atoms with E-state index in [1.54, 1.807) is 21.3 Å². The summed E-state index contributed by atoms with van der Waals surface area (Å²) in [7, 11) is 3.69. The molecular weight excluding hydrogens is 200 g/mol. The molecule has 0 aromatic carbocycles. The van der Waals surface area contributed by atoms with E-state index in [2.05, 4.69) is 0 Å². The van der Waals surface area contributed by atoms with E-state index in [1.807, 2.05) is 50.8 Å². The van der Waals surface area contributed by atoms with Crippen molar-refractivity contribution in [3.8, 4) is 12.1 Å². The molecule has 0 spiro atoms. The fourth-order valence-electron chi connectivity index (χ4n) is 1.15. The summed E-state index contributed by atoms with van der Waals surface area (Å²) >= 11 is 0. The molecule has 0 fully saturated rings. The lowest BCUT2D eigenvalue weighted by molar-refractivity contribution is 0.908. The molecular formula is C12H12N4. The summed E-state index contributed by atoms with van der Waals surface area (Å²) in [4.78, 5) is 0. The molecule has 16 heavy (non-hydrogen) atoms. The molecule has 2 heterocycles. The molecule has 0 aliphatic rings. The highest BCUT2D eigenvalue weighted by molar-refractivity contribution is 5.21. The Kier molecular flexibility index (Phi) is 3.94. The highest BCUT2D eigenvalue weighted by Crippen LogP contribution is 1.95. The number of hydrogen-bond donors (Lipinski definition) is 0. The van der Waals surface area contributed by atoms with Gasteiger partial charge in [-0.1, -0.05) is 0 Å².